The highest BCUT2D eigenvalue weighted by molar-refractivity contribution is 7.12. The molecule has 0 atom stereocenters. The van der Waals surface area contributed by atoms with E-state index in [9.17, 15) is 4.79 Å². The zero-order valence-corrected chi connectivity index (χ0v) is 19.2. The Kier molecular flexibility index (Phi) is 6.09. The molecule has 4 aromatic rings. The van der Waals surface area contributed by atoms with Gasteiger partial charge in [0.05, 0.1) is 15.9 Å². The monoisotopic (exact) mass is 433 g/mol. The van der Waals surface area contributed by atoms with Gasteiger partial charge in [-0.25, -0.2) is 4.98 Å². The second-order valence-corrected chi connectivity index (χ2v) is 8.75. The smallest absolute Gasteiger partial charge is 0.268 e. The number of rotatable bonds is 7. The van der Waals surface area contributed by atoms with Crippen molar-refractivity contribution < 1.29 is 9.53 Å². The van der Waals surface area contributed by atoms with Crippen molar-refractivity contribution in [2.24, 2.45) is 0 Å². The van der Waals surface area contributed by atoms with Crippen molar-refractivity contribution in [3.8, 4) is 5.75 Å². The molecule has 0 unspecified atom stereocenters. The molecule has 2 aromatic carbocycles. The van der Waals surface area contributed by atoms with E-state index in [2.05, 4.69) is 54.7 Å². The number of anilines is 1. The van der Waals surface area contributed by atoms with Crippen LogP contribution in [0.25, 0.3) is 11.0 Å². The molecular weight excluding hydrogens is 406 g/mol. The Morgan fingerprint density at radius 1 is 1.16 bits per heavy atom. The highest BCUT2D eigenvalue weighted by Gasteiger charge is 2.16. The highest BCUT2D eigenvalue weighted by Crippen LogP contribution is 2.26. The minimum absolute atomic E-state index is 0.147. The lowest BCUT2D eigenvalue weighted by molar-refractivity contribution is 0.102. The summed E-state index contributed by atoms with van der Waals surface area (Å²) in [5, 5.41) is 4.97. The van der Waals surface area contributed by atoms with Gasteiger partial charge < -0.3 is 9.30 Å². The molecule has 0 saturated carbocycles. The Bertz CT molecular complexity index is 1240. The van der Waals surface area contributed by atoms with Gasteiger partial charge >= 0.3 is 0 Å². The number of nitrogens with zero attached hydrogens (tertiary/aromatic N) is 2. The van der Waals surface area contributed by atoms with E-state index < -0.39 is 0 Å². The van der Waals surface area contributed by atoms with Crippen LogP contribution in [0, 0.1) is 20.8 Å². The van der Waals surface area contributed by atoms with E-state index in [-0.39, 0.29) is 5.91 Å². The molecule has 0 radical (unpaired) electrons. The standard InChI is InChI=1S/C25H27N3O2S/c1-5-10-28-21-9-7-6-8-20(21)26-25(28)27-24(29)23-13-19(15-31-23)14-30-22-12-16(2)11-17(3)18(22)4/h6-9,11-13,15H,5,10,14H2,1-4H3,(H,26,27,29). The number of amides is 1. The molecule has 4 rings (SSSR count). The van der Waals surface area contributed by atoms with Gasteiger partial charge in [0, 0.05) is 12.1 Å². The minimum Gasteiger partial charge on any atom is -0.489 e. The lowest BCUT2D eigenvalue weighted by Crippen LogP contribution is -2.15. The topological polar surface area (TPSA) is 56.2 Å². The van der Waals surface area contributed by atoms with E-state index in [1.807, 2.05) is 35.7 Å². The van der Waals surface area contributed by atoms with Crippen molar-refractivity contribution in [3.05, 3.63) is 75.0 Å². The van der Waals surface area contributed by atoms with E-state index in [0.29, 0.717) is 17.4 Å². The predicted octanol–water partition coefficient (Wildman–Crippen LogP) is 6.26. The number of aryl methyl sites for hydroxylation is 3. The highest BCUT2D eigenvalue weighted by atomic mass is 32.1. The summed E-state index contributed by atoms with van der Waals surface area (Å²) < 4.78 is 8.11. The molecule has 0 saturated heterocycles. The number of aromatic nitrogens is 2. The molecule has 0 bridgehead atoms. The Morgan fingerprint density at radius 3 is 2.77 bits per heavy atom. The Labute approximate surface area is 186 Å². The molecule has 1 N–H and O–H groups in total. The third-order valence-corrected chi connectivity index (χ3v) is 6.34. The van der Waals surface area contributed by atoms with Gasteiger partial charge in [-0.15, -0.1) is 11.3 Å². The number of fused-ring (bicyclic) bond motifs is 1. The fraction of sp³-hybridized carbons (Fsp3) is 0.280. The van der Waals surface area contributed by atoms with Crippen LogP contribution in [-0.4, -0.2) is 15.5 Å². The van der Waals surface area contributed by atoms with Crippen molar-refractivity contribution in [2.75, 3.05) is 5.32 Å². The average molecular weight is 434 g/mol. The number of carbonyl (C=O) groups excluding carboxylic acids is 1. The molecule has 0 aliphatic carbocycles. The molecule has 2 aromatic heterocycles. The first-order valence-electron chi connectivity index (χ1n) is 10.5. The van der Waals surface area contributed by atoms with Gasteiger partial charge in [-0.2, -0.15) is 0 Å². The summed E-state index contributed by atoms with van der Waals surface area (Å²) in [6.45, 7) is 9.57. The normalized spacial score (nSPS) is 11.1. The first-order valence-corrected chi connectivity index (χ1v) is 11.4. The van der Waals surface area contributed by atoms with Crippen LogP contribution in [0.15, 0.2) is 47.8 Å². The largest absolute Gasteiger partial charge is 0.489 e. The van der Waals surface area contributed by atoms with Crippen LogP contribution in [0.1, 0.15) is 45.3 Å². The molecule has 31 heavy (non-hydrogen) atoms. The average Bonchev–Trinajstić information content (AvgIpc) is 3.35. The molecule has 2 heterocycles. The molecular formula is C25H27N3O2S. The summed E-state index contributed by atoms with van der Waals surface area (Å²) in [4.78, 5) is 18.1. The second kappa shape index (κ2) is 8.94. The summed E-state index contributed by atoms with van der Waals surface area (Å²) >= 11 is 1.42. The molecule has 160 valence electrons. The zero-order chi connectivity index (χ0) is 22.0. The van der Waals surface area contributed by atoms with Gasteiger partial charge in [-0.3, -0.25) is 10.1 Å². The first kappa shape index (κ1) is 21.1. The van der Waals surface area contributed by atoms with E-state index in [0.717, 1.165) is 40.9 Å². The number of thiophene rings is 1. The number of nitrogens with one attached hydrogen (secondary N) is 1. The van der Waals surface area contributed by atoms with Crippen LogP contribution in [-0.2, 0) is 13.2 Å². The van der Waals surface area contributed by atoms with Gasteiger partial charge in [0.25, 0.3) is 5.91 Å². The number of ether oxygens (including phenoxy) is 1. The molecule has 0 spiro atoms. The van der Waals surface area contributed by atoms with Crippen molar-refractivity contribution in [3.63, 3.8) is 0 Å². The van der Waals surface area contributed by atoms with Crippen LogP contribution >= 0.6 is 11.3 Å². The van der Waals surface area contributed by atoms with Gasteiger partial charge in [-0.05, 0) is 73.5 Å². The number of carbonyl (C=O) groups is 1. The molecule has 0 aliphatic rings. The van der Waals surface area contributed by atoms with E-state index in [1.165, 1.54) is 22.5 Å². The Balaban J connectivity index is 1.48. The zero-order valence-electron chi connectivity index (χ0n) is 18.4. The van der Waals surface area contributed by atoms with Crippen LogP contribution in [0.3, 0.4) is 0 Å². The van der Waals surface area contributed by atoms with Gasteiger partial charge in [0.15, 0.2) is 0 Å². The maximum atomic E-state index is 12.9. The van der Waals surface area contributed by atoms with Gasteiger partial charge in [0.2, 0.25) is 5.95 Å². The molecule has 1 amide bonds. The summed E-state index contributed by atoms with van der Waals surface area (Å²) in [5.74, 6) is 1.33. The fourth-order valence-corrected chi connectivity index (χ4v) is 4.46. The SMILES string of the molecule is CCCn1c(NC(=O)c2cc(COc3cc(C)cc(C)c3C)cs2)nc2ccccc21. The van der Waals surface area contributed by atoms with E-state index in [1.54, 1.807) is 0 Å². The number of para-hydroxylation sites is 2. The molecule has 0 aliphatic heterocycles. The molecule has 6 heteroatoms. The van der Waals surface area contributed by atoms with Gasteiger partial charge in [0.1, 0.15) is 12.4 Å². The first-order chi connectivity index (χ1) is 15.0. The van der Waals surface area contributed by atoms with Crippen LogP contribution < -0.4 is 10.1 Å². The van der Waals surface area contributed by atoms with Crippen LogP contribution in [0.5, 0.6) is 5.75 Å². The quantitative estimate of drug-likeness (QED) is 0.374. The Morgan fingerprint density at radius 2 is 1.97 bits per heavy atom. The van der Waals surface area contributed by atoms with Crippen LogP contribution in [0.4, 0.5) is 5.95 Å². The third kappa shape index (κ3) is 4.49. The lowest BCUT2D eigenvalue weighted by atomic mass is 10.1. The number of imidazole rings is 1. The number of hydrogen-bond acceptors (Lipinski definition) is 4. The van der Waals surface area contributed by atoms with E-state index >= 15 is 0 Å². The number of benzene rings is 2. The maximum Gasteiger partial charge on any atom is 0.268 e. The summed E-state index contributed by atoms with van der Waals surface area (Å²) in [6, 6.07) is 14.0. The molecule has 5 nitrogen and oxygen atoms in total. The molecule has 0 fully saturated rings. The van der Waals surface area contributed by atoms with Crippen molar-refractivity contribution >= 4 is 34.2 Å². The maximum absolute atomic E-state index is 12.9. The van der Waals surface area contributed by atoms with E-state index in [4.69, 9.17) is 4.74 Å². The van der Waals surface area contributed by atoms with Crippen LogP contribution in [0.2, 0.25) is 0 Å². The Hall–Kier alpha value is -3.12. The van der Waals surface area contributed by atoms with Crippen molar-refractivity contribution in [1.29, 1.82) is 0 Å². The summed E-state index contributed by atoms with van der Waals surface area (Å²) in [5.41, 5.74) is 6.44. The third-order valence-electron chi connectivity index (χ3n) is 5.36. The number of hydrogen-bond donors (Lipinski definition) is 1. The predicted molar refractivity (Wildman–Crippen MR) is 127 cm³/mol. The lowest BCUT2D eigenvalue weighted by Gasteiger charge is -2.11. The summed E-state index contributed by atoms with van der Waals surface area (Å²) in [7, 11) is 0. The van der Waals surface area contributed by atoms with Gasteiger partial charge in [-0.1, -0.05) is 25.1 Å². The van der Waals surface area contributed by atoms with Crippen molar-refractivity contribution in [1.82, 2.24) is 9.55 Å². The summed E-state index contributed by atoms with van der Waals surface area (Å²) in [6.07, 6.45) is 0.960. The van der Waals surface area contributed by atoms with Crippen molar-refractivity contribution in [2.45, 2.75) is 47.3 Å². The second-order valence-electron chi connectivity index (χ2n) is 7.84. The minimum atomic E-state index is -0.147. The fourth-order valence-electron chi connectivity index (χ4n) is 3.67.